The maximum Gasteiger partial charge on any atom is 0.123 e. The Morgan fingerprint density at radius 2 is 2.13 bits per heavy atom. The molecule has 0 atom stereocenters. The van der Waals surface area contributed by atoms with Crippen LogP contribution in [0.4, 0.5) is 0 Å². The Morgan fingerprint density at radius 1 is 1.33 bits per heavy atom. The maximum absolute atomic E-state index is 8.64. The van der Waals surface area contributed by atoms with Crippen molar-refractivity contribution in [1.82, 2.24) is 5.32 Å². The molecule has 0 radical (unpaired) electrons. The molecule has 0 aliphatic heterocycles. The summed E-state index contributed by atoms with van der Waals surface area (Å²) in [5.41, 5.74) is 1.16. The van der Waals surface area contributed by atoms with Crippen LogP contribution in [0.5, 0.6) is 5.75 Å². The summed E-state index contributed by atoms with van der Waals surface area (Å²) < 4.78 is 5.50. The van der Waals surface area contributed by atoms with Gasteiger partial charge >= 0.3 is 0 Å². The zero-order valence-corrected chi connectivity index (χ0v) is 9.20. The van der Waals surface area contributed by atoms with Gasteiger partial charge in [0.1, 0.15) is 5.75 Å². The fraction of sp³-hybridized carbons (Fsp3) is 0.500. The largest absolute Gasteiger partial charge is 0.494 e. The van der Waals surface area contributed by atoms with Gasteiger partial charge in [-0.3, -0.25) is 0 Å². The highest BCUT2D eigenvalue weighted by atomic mass is 16.5. The summed E-state index contributed by atoms with van der Waals surface area (Å²) in [6, 6.07) is 8.01. The molecule has 1 rings (SSSR count). The van der Waals surface area contributed by atoms with Crippen LogP contribution in [0.15, 0.2) is 24.3 Å². The average molecular weight is 209 g/mol. The zero-order chi connectivity index (χ0) is 10.9. The number of rotatable bonds is 7. The Balaban J connectivity index is 2.44. The molecule has 0 saturated carbocycles. The van der Waals surface area contributed by atoms with Crippen molar-refractivity contribution in [3.8, 4) is 5.75 Å². The van der Waals surface area contributed by atoms with Crippen LogP contribution in [0.2, 0.25) is 0 Å². The molecule has 0 aliphatic carbocycles. The number of hydrogen-bond donors (Lipinski definition) is 2. The van der Waals surface area contributed by atoms with Gasteiger partial charge in [-0.2, -0.15) is 0 Å². The molecule has 0 saturated heterocycles. The third-order valence-corrected chi connectivity index (χ3v) is 2.10. The second-order valence-electron chi connectivity index (χ2n) is 3.29. The van der Waals surface area contributed by atoms with Gasteiger partial charge in [-0.1, -0.05) is 18.2 Å². The van der Waals surface area contributed by atoms with Gasteiger partial charge in [-0.15, -0.1) is 0 Å². The molecule has 0 heterocycles. The van der Waals surface area contributed by atoms with Gasteiger partial charge in [0, 0.05) is 18.7 Å². The molecule has 3 heteroatoms. The van der Waals surface area contributed by atoms with Gasteiger partial charge in [-0.05, 0) is 26.0 Å². The monoisotopic (exact) mass is 209 g/mol. The van der Waals surface area contributed by atoms with Gasteiger partial charge in [-0.25, -0.2) is 0 Å². The second kappa shape index (κ2) is 7.26. The number of hydrogen-bond acceptors (Lipinski definition) is 3. The Hall–Kier alpha value is -1.06. The lowest BCUT2D eigenvalue weighted by molar-refractivity contribution is 0.285. The Bertz CT molecular complexity index is 276. The van der Waals surface area contributed by atoms with Crippen LogP contribution < -0.4 is 10.1 Å². The zero-order valence-electron chi connectivity index (χ0n) is 9.20. The van der Waals surface area contributed by atoms with E-state index in [1.807, 2.05) is 25.1 Å². The molecule has 0 aliphatic rings. The molecule has 0 amide bonds. The molecule has 0 unspecified atom stereocenters. The van der Waals surface area contributed by atoms with E-state index >= 15 is 0 Å². The van der Waals surface area contributed by atoms with Gasteiger partial charge < -0.3 is 15.2 Å². The first-order chi connectivity index (χ1) is 7.38. The van der Waals surface area contributed by atoms with E-state index in [4.69, 9.17) is 9.84 Å². The molecule has 1 aromatic rings. The molecule has 0 bridgehead atoms. The van der Waals surface area contributed by atoms with Crippen molar-refractivity contribution in [3.05, 3.63) is 29.8 Å². The fourth-order valence-corrected chi connectivity index (χ4v) is 1.37. The quantitative estimate of drug-likeness (QED) is 0.670. The lowest BCUT2D eigenvalue weighted by Gasteiger charge is -2.10. The van der Waals surface area contributed by atoms with Crippen molar-refractivity contribution in [2.24, 2.45) is 0 Å². The lowest BCUT2D eigenvalue weighted by atomic mass is 10.2. The van der Waals surface area contributed by atoms with E-state index in [1.54, 1.807) is 0 Å². The summed E-state index contributed by atoms with van der Waals surface area (Å²) in [6.45, 7) is 4.52. The van der Waals surface area contributed by atoms with Gasteiger partial charge in [0.05, 0.1) is 6.61 Å². The number of para-hydroxylation sites is 1. The first-order valence-corrected chi connectivity index (χ1v) is 5.40. The molecule has 84 valence electrons. The third kappa shape index (κ3) is 4.32. The van der Waals surface area contributed by atoms with Crippen LogP contribution in [0.25, 0.3) is 0 Å². The molecular weight excluding hydrogens is 190 g/mol. The van der Waals surface area contributed by atoms with Crippen molar-refractivity contribution in [1.29, 1.82) is 0 Å². The summed E-state index contributed by atoms with van der Waals surface area (Å²) in [5.74, 6) is 0.941. The molecule has 0 fully saturated rings. The highest BCUT2D eigenvalue weighted by Gasteiger charge is 2.00. The second-order valence-corrected chi connectivity index (χ2v) is 3.29. The smallest absolute Gasteiger partial charge is 0.123 e. The van der Waals surface area contributed by atoms with Crippen LogP contribution in [0, 0.1) is 0 Å². The van der Waals surface area contributed by atoms with E-state index in [1.165, 1.54) is 0 Å². The number of nitrogens with one attached hydrogen (secondary N) is 1. The van der Waals surface area contributed by atoms with E-state index in [9.17, 15) is 0 Å². The van der Waals surface area contributed by atoms with Crippen LogP contribution in [-0.2, 0) is 6.54 Å². The highest BCUT2D eigenvalue weighted by molar-refractivity contribution is 5.33. The van der Waals surface area contributed by atoms with Gasteiger partial charge in [0.15, 0.2) is 0 Å². The standard InChI is InChI=1S/C12H19NO2/c1-2-15-12-7-4-3-6-11(12)10-13-8-5-9-14/h3-4,6-7,13-14H,2,5,8-10H2,1H3. The molecular formula is C12H19NO2. The maximum atomic E-state index is 8.64. The Morgan fingerprint density at radius 3 is 2.87 bits per heavy atom. The Kier molecular flexibility index (Phi) is 5.81. The normalized spacial score (nSPS) is 10.3. The van der Waals surface area contributed by atoms with Crippen molar-refractivity contribution >= 4 is 0 Å². The van der Waals surface area contributed by atoms with E-state index in [0.29, 0.717) is 6.61 Å². The predicted molar refractivity (Wildman–Crippen MR) is 61.0 cm³/mol. The summed E-state index contributed by atoms with van der Waals surface area (Å²) >= 11 is 0. The van der Waals surface area contributed by atoms with E-state index < -0.39 is 0 Å². The molecule has 2 N–H and O–H groups in total. The number of benzene rings is 1. The lowest BCUT2D eigenvalue weighted by Crippen LogP contribution is -2.16. The molecule has 15 heavy (non-hydrogen) atoms. The molecule has 0 aromatic heterocycles. The number of aliphatic hydroxyl groups excluding tert-OH is 1. The fourth-order valence-electron chi connectivity index (χ4n) is 1.37. The van der Waals surface area contributed by atoms with Crippen LogP contribution in [-0.4, -0.2) is 24.9 Å². The minimum absolute atomic E-state index is 0.236. The third-order valence-electron chi connectivity index (χ3n) is 2.10. The summed E-state index contributed by atoms with van der Waals surface area (Å²) in [7, 11) is 0. The molecule has 0 spiro atoms. The predicted octanol–water partition coefficient (Wildman–Crippen LogP) is 1.56. The molecule has 3 nitrogen and oxygen atoms in total. The average Bonchev–Trinajstić information content (AvgIpc) is 2.27. The van der Waals surface area contributed by atoms with Gasteiger partial charge in [0.2, 0.25) is 0 Å². The van der Waals surface area contributed by atoms with Gasteiger partial charge in [0.25, 0.3) is 0 Å². The minimum atomic E-state index is 0.236. The van der Waals surface area contributed by atoms with Crippen molar-refractivity contribution in [2.75, 3.05) is 19.8 Å². The summed E-state index contributed by atoms with van der Waals surface area (Å²) in [6.07, 6.45) is 0.788. The summed E-state index contributed by atoms with van der Waals surface area (Å²) in [5, 5.41) is 11.9. The number of aliphatic hydroxyl groups is 1. The van der Waals surface area contributed by atoms with E-state index in [2.05, 4.69) is 11.4 Å². The Labute approximate surface area is 91.1 Å². The first-order valence-electron chi connectivity index (χ1n) is 5.40. The van der Waals surface area contributed by atoms with Crippen molar-refractivity contribution in [2.45, 2.75) is 19.9 Å². The van der Waals surface area contributed by atoms with Crippen molar-refractivity contribution < 1.29 is 9.84 Å². The molecule has 1 aromatic carbocycles. The van der Waals surface area contributed by atoms with Crippen LogP contribution >= 0.6 is 0 Å². The summed E-state index contributed by atoms with van der Waals surface area (Å²) in [4.78, 5) is 0. The first kappa shape index (κ1) is 12.0. The van der Waals surface area contributed by atoms with Crippen LogP contribution in [0.3, 0.4) is 0 Å². The minimum Gasteiger partial charge on any atom is -0.494 e. The van der Waals surface area contributed by atoms with E-state index in [-0.39, 0.29) is 6.61 Å². The SMILES string of the molecule is CCOc1ccccc1CNCCCO. The van der Waals surface area contributed by atoms with Crippen LogP contribution in [0.1, 0.15) is 18.9 Å². The topological polar surface area (TPSA) is 41.5 Å². The number of ether oxygens (including phenoxy) is 1. The van der Waals surface area contributed by atoms with E-state index in [0.717, 1.165) is 30.8 Å². The highest BCUT2D eigenvalue weighted by Crippen LogP contribution is 2.17. The van der Waals surface area contributed by atoms with Crippen molar-refractivity contribution in [3.63, 3.8) is 0 Å².